The highest BCUT2D eigenvalue weighted by Gasteiger charge is 2.24. The molecule has 0 aliphatic carbocycles. The summed E-state index contributed by atoms with van der Waals surface area (Å²) in [7, 11) is 0. The summed E-state index contributed by atoms with van der Waals surface area (Å²) < 4.78 is 9.16. The molecule has 0 saturated carbocycles. The van der Waals surface area contributed by atoms with Crippen molar-refractivity contribution in [1.82, 2.24) is 10.5 Å². The molecule has 2 rings (SSSR count). The molecule has 1 N–H and O–H groups in total. The molecule has 11 heteroatoms. The average Bonchev–Trinajstić information content (AvgIpc) is 2.93. The largest absolute Gasteiger partial charge is 0.459 e. The Kier molecular flexibility index (Phi) is 5.61. The van der Waals surface area contributed by atoms with Crippen molar-refractivity contribution in [2.24, 2.45) is 0 Å². The van der Waals surface area contributed by atoms with E-state index in [1.807, 2.05) is 0 Å². The Morgan fingerprint density at radius 3 is 2.84 bits per heavy atom. The molecule has 1 heterocycles. The predicted octanol–water partition coefficient (Wildman–Crippen LogP) is 0.502. The maximum atomic E-state index is 11.9. The second-order valence-electron chi connectivity index (χ2n) is 4.92. The van der Waals surface area contributed by atoms with Crippen LogP contribution in [0.1, 0.15) is 33.0 Å². The summed E-state index contributed by atoms with van der Waals surface area (Å²) in [6.07, 6.45) is 0.306. The number of carbonyl (C=O) groups is 2. The minimum Gasteiger partial charge on any atom is -0.459 e. The van der Waals surface area contributed by atoms with Gasteiger partial charge in [0.15, 0.2) is 0 Å². The molecular weight excluding hydrogens is 336 g/mol. The molecule has 0 fully saturated rings. The summed E-state index contributed by atoms with van der Waals surface area (Å²) >= 11 is 0. The SMILES string of the molecule is Cc1c(C(=O)OCCCNC(=O)c2cccc([N+](=O)[O-])c2)no[n+]1[O-]. The quantitative estimate of drug-likeness (QED) is 0.249. The van der Waals surface area contributed by atoms with E-state index in [-0.39, 0.29) is 40.7 Å². The zero-order valence-corrected chi connectivity index (χ0v) is 13.1. The molecule has 1 aromatic carbocycles. The van der Waals surface area contributed by atoms with E-state index in [9.17, 15) is 24.9 Å². The number of carbonyl (C=O) groups excluding carboxylic acids is 2. The van der Waals surface area contributed by atoms with E-state index >= 15 is 0 Å². The van der Waals surface area contributed by atoms with Crippen LogP contribution in [0.5, 0.6) is 0 Å². The first-order valence-electron chi connectivity index (χ1n) is 7.16. The second kappa shape index (κ2) is 7.86. The summed E-state index contributed by atoms with van der Waals surface area (Å²) in [5.74, 6) is -1.28. The number of amides is 1. The standard InChI is InChI=1S/C14H14N4O7/c1-9-12(16-25-18(9)23)14(20)24-7-3-6-15-13(19)10-4-2-5-11(8-10)17(21)22/h2,4-5,8H,3,6-7H2,1H3,(H,15,19). The van der Waals surface area contributed by atoms with Gasteiger partial charge in [-0.1, -0.05) is 6.07 Å². The van der Waals surface area contributed by atoms with Crippen LogP contribution in [0, 0.1) is 22.2 Å². The molecule has 25 heavy (non-hydrogen) atoms. The molecule has 0 spiro atoms. The Hall–Kier alpha value is -3.50. The van der Waals surface area contributed by atoms with Crippen LogP contribution in [0.3, 0.4) is 0 Å². The van der Waals surface area contributed by atoms with Crippen molar-refractivity contribution in [3.05, 3.63) is 56.5 Å². The number of esters is 1. The number of nitrogens with zero attached hydrogens (tertiary/aromatic N) is 3. The van der Waals surface area contributed by atoms with Crippen LogP contribution in [0.25, 0.3) is 0 Å². The van der Waals surface area contributed by atoms with Crippen LogP contribution in [-0.2, 0) is 4.74 Å². The Morgan fingerprint density at radius 2 is 2.20 bits per heavy atom. The number of non-ortho nitro benzene ring substituents is 1. The summed E-state index contributed by atoms with van der Waals surface area (Å²) in [4.78, 5) is 33.7. The zero-order valence-electron chi connectivity index (χ0n) is 13.1. The van der Waals surface area contributed by atoms with Crippen molar-refractivity contribution in [2.75, 3.05) is 13.2 Å². The number of nitro groups is 1. The lowest BCUT2D eigenvalue weighted by Gasteiger charge is -2.05. The van der Waals surface area contributed by atoms with Gasteiger partial charge in [0, 0.05) is 31.2 Å². The van der Waals surface area contributed by atoms with Gasteiger partial charge < -0.3 is 15.3 Å². The summed E-state index contributed by atoms with van der Waals surface area (Å²) in [5.41, 5.74) is -0.246. The molecule has 0 bridgehead atoms. The monoisotopic (exact) mass is 350 g/mol. The van der Waals surface area contributed by atoms with E-state index in [4.69, 9.17) is 4.74 Å². The van der Waals surface area contributed by atoms with Gasteiger partial charge in [-0.3, -0.25) is 19.5 Å². The summed E-state index contributed by atoms with van der Waals surface area (Å²) in [6, 6.07) is 5.32. The van der Waals surface area contributed by atoms with E-state index in [1.165, 1.54) is 31.2 Å². The molecule has 0 saturated heterocycles. The highest BCUT2D eigenvalue weighted by molar-refractivity contribution is 5.94. The molecule has 11 nitrogen and oxygen atoms in total. The van der Waals surface area contributed by atoms with E-state index < -0.39 is 16.8 Å². The maximum absolute atomic E-state index is 11.9. The molecule has 0 unspecified atom stereocenters. The van der Waals surface area contributed by atoms with Crippen LogP contribution < -0.4 is 10.2 Å². The van der Waals surface area contributed by atoms with Crippen LogP contribution in [-0.4, -0.2) is 35.1 Å². The number of ether oxygens (including phenoxy) is 1. The number of nitrogens with one attached hydrogen (secondary N) is 1. The predicted molar refractivity (Wildman–Crippen MR) is 80.5 cm³/mol. The van der Waals surface area contributed by atoms with E-state index in [1.54, 1.807) is 0 Å². The van der Waals surface area contributed by atoms with Crippen molar-refractivity contribution in [2.45, 2.75) is 13.3 Å². The Balaban J connectivity index is 1.75. The molecule has 2 aromatic rings. The van der Waals surface area contributed by atoms with Crippen LogP contribution >= 0.6 is 0 Å². The first kappa shape index (κ1) is 17.8. The van der Waals surface area contributed by atoms with Crippen LogP contribution in [0.2, 0.25) is 0 Å². The van der Waals surface area contributed by atoms with E-state index in [2.05, 4.69) is 15.1 Å². The van der Waals surface area contributed by atoms with Gasteiger partial charge in [-0.2, -0.15) is 0 Å². The molecule has 1 aromatic heterocycles. The number of aromatic nitrogens is 2. The Labute approximate surface area is 140 Å². The van der Waals surface area contributed by atoms with E-state index in [0.717, 1.165) is 0 Å². The zero-order chi connectivity index (χ0) is 18.4. The second-order valence-corrected chi connectivity index (χ2v) is 4.92. The van der Waals surface area contributed by atoms with Crippen molar-refractivity contribution in [3.63, 3.8) is 0 Å². The first-order valence-corrected chi connectivity index (χ1v) is 7.16. The van der Waals surface area contributed by atoms with Crippen LogP contribution in [0.4, 0.5) is 5.69 Å². The third kappa shape index (κ3) is 4.50. The van der Waals surface area contributed by atoms with Crippen LogP contribution in [0.15, 0.2) is 28.9 Å². The van der Waals surface area contributed by atoms with Crippen molar-refractivity contribution in [3.8, 4) is 0 Å². The van der Waals surface area contributed by atoms with Gasteiger partial charge in [0.2, 0.25) is 5.69 Å². The number of nitro benzene ring substituents is 1. The Bertz CT molecular complexity index is 802. The van der Waals surface area contributed by atoms with Gasteiger partial charge in [-0.15, -0.1) is 0 Å². The van der Waals surface area contributed by atoms with Crippen molar-refractivity contribution >= 4 is 17.6 Å². The lowest BCUT2D eigenvalue weighted by molar-refractivity contribution is -0.806. The third-order valence-corrected chi connectivity index (χ3v) is 3.18. The average molecular weight is 350 g/mol. The van der Waals surface area contributed by atoms with Gasteiger partial charge in [0.25, 0.3) is 11.6 Å². The molecule has 0 aliphatic heterocycles. The normalized spacial score (nSPS) is 10.3. The molecular formula is C14H14N4O7. The first-order chi connectivity index (χ1) is 11.9. The molecule has 0 aliphatic rings. The molecule has 0 radical (unpaired) electrons. The van der Waals surface area contributed by atoms with Gasteiger partial charge in [-0.05, 0) is 17.4 Å². The van der Waals surface area contributed by atoms with Gasteiger partial charge in [-0.25, -0.2) is 4.79 Å². The summed E-state index contributed by atoms with van der Waals surface area (Å²) in [6.45, 7) is 1.53. The van der Waals surface area contributed by atoms with Crippen molar-refractivity contribution in [1.29, 1.82) is 0 Å². The van der Waals surface area contributed by atoms with Gasteiger partial charge >= 0.3 is 11.7 Å². The minimum atomic E-state index is -0.805. The molecule has 1 amide bonds. The summed E-state index contributed by atoms with van der Waals surface area (Å²) in [5, 5.41) is 27.5. The number of rotatable bonds is 7. The lowest BCUT2D eigenvalue weighted by atomic mass is 10.2. The smallest absolute Gasteiger partial charge is 0.389 e. The van der Waals surface area contributed by atoms with E-state index in [0.29, 0.717) is 6.42 Å². The molecule has 132 valence electrons. The molecule has 0 atom stereocenters. The number of benzene rings is 1. The minimum absolute atomic E-state index is 0.0102. The fraction of sp³-hybridized carbons (Fsp3) is 0.286. The number of hydrogen-bond acceptors (Lipinski definition) is 8. The Morgan fingerprint density at radius 1 is 1.44 bits per heavy atom. The van der Waals surface area contributed by atoms with Gasteiger partial charge in [0.05, 0.1) is 16.7 Å². The van der Waals surface area contributed by atoms with Crippen molar-refractivity contribution < 1.29 is 28.8 Å². The lowest BCUT2D eigenvalue weighted by Crippen LogP contribution is -2.27. The highest BCUT2D eigenvalue weighted by Crippen LogP contribution is 2.12. The maximum Gasteiger partial charge on any atom is 0.389 e. The number of hydrogen-bond donors (Lipinski definition) is 1. The van der Waals surface area contributed by atoms with Gasteiger partial charge in [0.1, 0.15) is 0 Å². The third-order valence-electron chi connectivity index (χ3n) is 3.18. The topological polar surface area (TPSA) is 152 Å². The fourth-order valence-corrected chi connectivity index (χ4v) is 1.85. The fourth-order valence-electron chi connectivity index (χ4n) is 1.85. The highest BCUT2D eigenvalue weighted by atomic mass is 16.8.